The van der Waals surface area contributed by atoms with E-state index in [1.807, 2.05) is 30.3 Å². The fraction of sp³-hybridized carbons (Fsp3) is 0.154. The van der Waals surface area contributed by atoms with Gasteiger partial charge in [0.25, 0.3) is 0 Å². The number of halogens is 1. The number of hydrogen-bond donors (Lipinski definition) is 0. The summed E-state index contributed by atoms with van der Waals surface area (Å²) in [7, 11) is 0. The topological polar surface area (TPSA) is 21.6 Å². The first kappa shape index (κ1) is 10.8. The molecule has 0 radical (unpaired) electrons. The third-order valence-electron chi connectivity index (χ3n) is 2.62. The molecule has 2 nitrogen and oxygen atoms in total. The van der Waals surface area contributed by atoms with Crippen LogP contribution in [0.25, 0.3) is 0 Å². The van der Waals surface area contributed by atoms with Crippen molar-refractivity contribution in [1.82, 2.24) is 0 Å². The molecule has 1 aromatic carbocycles. The summed E-state index contributed by atoms with van der Waals surface area (Å²) in [5.74, 6) is 0.704. The van der Waals surface area contributed by atoms with Gasteiger partial charge in [-0.25, -0.2) is 4.99 Å². The molecule has 0 amide bonds. The van der Waals surface area contributed by atoms with E-state index in [4.69, 9.17) is 16.3 Å². The second kappa shape index (κ2) is 4.51. The Morgan fingerprint density at radius 1 is 1.18 bits per heavy atom. The highest BCUT2D eigenvalue weighted by molar-refractivity contribution is 7.18. The van der Waals surface area contributed by atoms with Crippen LogP contribution in [0.1, 0.15) is 16.5 Å². The van der Waals surface area contributed by atoms with Gasteiger partial charge in [-0.15, -0.1) is 11.3 Å². The first-order valence-corrected chi connectivity index (χ1v) is 6.53. The molecule has 0 fully saturated rings. The second-order valence-electron chi connectivity index (χ2n) is 3.78. The molecule has 2 aromatic rings. The summed E-state index contributed by atoms with van der Waals surface area (Å²) in [5, 5.41) is 0. The molecule has 1 aliphatic rings. The van der Waals surface area contributed by atoms with Crippen LogP contribution in [0.4, 0.5) is 0 Å². The van der Waals surface area contributed by atoms with Crippen molar-refractivity contribution in [3.8, 4) is 0 Å². The monoisotopic (exact) mass is 263 g/mol. The van der Waals surface area contributed by atoms with E-state index in [0.29, 0.717) is 12.5 Å². The summed E-state index contributed by atoms with van der Waals surface area (Å²) in [4.78, 5) is 5.58. The van der Waals surface area contributed by atoms with Gasteiger partial charge in [-0.1, -0.05) is 41.9 Å². The molecule has 17 heavy (non-hydrogen) atoms. The Labute approximate surface area is 109 Å². The van der Waals surface area contributed by atoms with Gasteiger partial charge < -0.3 is 4.74 Å². The summed E-state index contributed by atoms with van der Waals surface area (Å²) in [6.07, 6.45) is 0. The average molecular weight is 264 g/mol. The van der Waals surface area contributed by atoms with Crippen LogP contribution in [-0.2, 0) is 4.74 Å². The van der Waals surface area contributed by atoms with Crippen LogP contribution < -0.4 is 0 Å². The molecule has 1 atom stereocenters. The molecule has 2 heterocycles. The molecule has 86 valence electrons. The number of thiophene rings is 1. The smallest absolute Gasteiger partial charge is 0.227 e. The van der Waals surface area contributed by atoms with Gasteiger partial charge in [0.05, 0.1) is 9.21 Å². The van der Waals surface area contributed by atoms with Gasteiger partial charge in [0.15, 0.2) is 0 Å². The standard InChI is InChI=1S/C13H10ClNOS/c14-12-7-6-11(17-12)13-15-10(8-16-13)9-4-2-1-3-5-9/h1-7,10H,8H2/t10-/m1/s1. The maximum Gasteiger partial charge on any atom is 0.227 e. The quantitative estimate of drug-likeness (QED) is 0.805. The molecule has 1 aromatic heterocycles. The Morgan fingerprint density at radius 3 is 2.71 bits per heavy atom. The van der Waals surface area contributed by atoms with E-state index < -0.39 is 0 Å². The Hall–Kier alpha value is -1.32. The lowest BCUT2D eigenvalue weighted by Gasteiger charge is -2.03. The number of aliphatic imine (C=N–C) groups is 1. The number of benzene rings is 1. The van der Waals surface area contributed by atoms with Crippen molar-refractivity contribution >= 4 is 28.8 Å². The van der Waals surface area contributed by atoms with Crippen molar-refractivity contribution in [1.29, 1.82) is 0 Å². The van der Waals surface area contributed by atoms with Crippen molar-refractivity contribution in [2.75, 3.05) is 6.61 Å². The van der Waals surface area contributed by atoms with Gasteiger partial charge >= 0.3 is 0 Å². The zero-order chi connectivity index (χ0) is 11.7. The van der Waals surface area contributed by atoms with Gasteiger partial charge in [0.2, 0.25) is 5.90 Å². The van der Waals surface area contributed by atoms with Gasteiger partial charge in [0.1, 0.15) is 12.6 Å². The molecule has 0 saturated heterocycles. The average Bonchev–Trinajstić information content (AvgIpc) is 2.98. The molecule has 0 aliphatic carbocycles. The van der Waals surface area contributed by atoms with Gasteiger partial charge in [-0.2, -0.15) is 0 Å². The molecule has 4 heteroatoms. The number of nitrogens with zero attached hydrogens (tertiary/aromatic N) is 1. The molecule has 1 aliphatic heterocycles. The van der Waals surface area contributed by atoms with Crippen LogP contribution in [-0.4, -0.2) is 12.5 Å². The fourth-order valence-electron chi connectivity index (χ4n) is 1.78. The Balaban J connectivity index is 1.86. The summed E-state index contributed by atoms with van der Waals surface area (Å²) in [6, 6.07) is 14.1. The fourth-order valence-corrected chi connectivity index (χ4v) is 2.78. The normalized spacial score (nSPS) is 18.9. The van der Waals surface area contributed by atoms with Crippen LogP contribution in [0.2, 0.25) is 4.34 Å². The third-order valence-corrected chi connectivity index (χ3v) is 3.84. The van der Waals surface area contributed by atoms with Crippen molar-refractivity contribution < 1.29 is 4.74 Å². The molecule has 0 saturated carbocycles. The van der Waals surface area contributed by atoms with E-state index in [-0.39, 0.29) is 6.04 Å². The van der Waals surface area contributed by atoms with Crippen molar-refractivity contribution in [2.24, 2.45) is 4.99 Å². The lowest BCUT2D eigenvalue weighted by atomic mass is 10.1. The van der Waals surface area contributed by atoms with Gasteiger partial charge in [-0.05, 0) is 17.7 Å². The zero-order valence-electron chi connectivity index (χ0n) is 8.97. The number of rotatable bonds is 2. The van der Waals surface area contributed by atoms with Crippen molar-refractivity contribution in [3.05, 3.63) is 57.2 Å². The van der Waals surface area contributed by atoms with Crippen LogP contribution in [0, 0.1) is 0 Å². The molecular weight excluding hydrogens is 254 g/mol. The van der Waals surface area contributed by atoms with Crippen LogP contribution in [0.3, 0.4) is 0 Å². The van der Waals surface area contributed by atoms with E-state index in [9.17, 15) is 0 Å². The van der Waals surface area contributed by atoms with Crippen molar-refractivity contribution in [3.63, 3.8) is 0 Å². The van der Waals surface area contributed by atoms with E-state index in [2.05, 4.69) is 17.1 Å². The molecule has 0 bridgehead atoms. The van der Waals surface area contributed by atoms with Gasteiger partial charge in [-0.3, -0.25) is 0 Å². The van der Waals surface area contributed by atoms with Crippen LogP contribution in [0.5, 0.6) is 0 Å². The van der Waals surface area contributed by atoms with E-state index in [1.165, 1.54) is 16.9 Å². The minimum absolute atomic E-state index is 0.104. The van der Waals surface area contributed by atoms with Gasteiger partial charge in [0, 0.05) is 0 Å². The minimum atomic E-state index is 0.104. The zero-order valence-corrected chi connectivity index (χ0v) is 10.5. The SMILES string of the molecule is Clc1ccc(C2=N[C@@H](c3ccccc3)CO2)s1. The predicted molar refractivity (Wildman–Crippen MR) is 71.0 cm³/mol. The number of hydrogen-bond acceptors (Lipinski definition) is 3. The lowest BCUT2D eigenvalue weighted by Crippen LogP contribution is -1.99. The first-order valence-electron chi connectivity index (χ1n) is 5.34. The van der Waals surface area contributed by atoms with Crippen molar-refractivity contribution in [2.45, 2.75) is 6.04 Å². The largest absolute Gasteiger partial charge is 0.474 e. The molecule has 0 spiro atoms. The highest BCUT2D eigenvalue weighted by Crippen LogP contribution is 2.29. The summed E-state index contributed by atoms with van der Waals surface area (Å²) in [6.45, 7) is 0.606. The maximum atomic E-state index is 5.90. The van der Waals surface area contributed by atoms with Crippen LogP contribution >= 0.6 is 22.9 Å². The first-order chi connectivity index (χ1) is 8.33. The summed E-state index contributed by atoms with van der Waals surface area (Å²) >= 11 is 7.39. The Kier molecular flexibility index (Phi) is 2.87. The summed E-state index contributed by atoms with van der Waals surface area (Å²) < 4.78 is 6.38. The molecule has 0 N–H and O–H groups in total. The predicted octanol–water partition coefficient (Wildman–Crippen LogP) is 3.92. The van der Waals surface area contributed by atoms with E-state index >= 15 is 0 Å². The third kappa shape index (κ3) is 2.21. The highest BCUT2D eigenvalue weighted by Gasteiger charge is 2.22. The van der Waals surface area contributed by atoms with E-state index in [0.717, 1.165) is 9.21 Å². The minimum Gasteiger partial charge on any atom is -0.474 e. The molecule has 3 rings (SSSR count). The lowest BCUT2D eigenvalue weighted by molar-refractivity contribution is 0.320. The molecular formula is C13H10ClNOS. The maximum absolute atomic E-state index is 5.90. The Morgan fingerprint density at radius 2 is 2.00 bits per heavy atom. The van der Waals surface area contributed by atoms with Crippen LogP contribution in [0.15, 0.2) is 47.5 Å². The second-order valence-corrected chi connectivity index (χ2v) is 5.49. The molecule has 0 unspecified atom stereocenters. The van der Waals surface area contributed by atoms with E-state index in [1.54, 1.807) is 0 Å². The highest BCUT2D eigenvalue weighted by atomic mass is 35.5. The summed E-state index contributed by atoms with van der Waals surface area (Å²) in [5.41, 5.74) is 1.19. The Bertz CT molecular complexity index is 550. The number of ether oxygens (including phenoxy) is 1.